The van der Waals surface area contributed by atoms with Crippen LogP contribution < -0.4 is 5.32 Å². The Balaban J connectivity index is 1.93. The molecule has 1 aliphatic carbocycles. The lowest BCUT2D eigenvalue weighted by Gasteiger charge is -2.31. The van der Waals surface area contributed by atoms with Gasteiger partial charge < -0.3 is 15.3 Å². The minimum atomic E-state index is -0.125. The van der Waals surface area contributed by atoms with Crippen LogP contribution >= 0.6 is 0 Å². The summed E-state index contributed by atoms with van der Waals surface area (Å²) in [6.07, 6.45) is 3.23. The first kappa shape index (κ1) is 12.8. The summed E-state index contributed by atoms with van der Waals surface area (Å²) in [5.74, 6) is 0.430. The van der Waals surface area contributed by atoms with Gasteiger partial charge in [0.25, 0.3) is 5.91 Å². The second-order valence-electron chi connectivity index (χ2n) is 5.00. The number of anilines is 1. The highest BCUT2D eigenvalue weighted by Gasteiger charge is 2.26. The van der Waals surface area contributed by atoms with Gasteiger partial charge in [0.15, 0.2) is 0 Å². The lowest BCUT2D eigenvalue weighted by Crippen LogP contribution is -2.33. The van der Waals surface area contributed by atoms with Gasteiger partial charge in [0.2, 0.25) is 0 Å². The third-order valence-corrected chi connectivity index (χ3v) is 3.19. The molecule has 1 aromatic rings. The van der Waals surface area contributed by atoms with Crippen molar-refractivity contribution in [3.05, 3.63) is 24.0 Å². The normalized spacial score (nSPS) is 22.2. The summed E-state index contributed by atoms with van der Waals surface area (Å²) >= 11 is 0. The van der Waals surface area contributed by atoms with Gasteiger partial charge in [-0.15, -0.1) is 0 Å². The van der Waals surface area contributed by atoms with Crippen molar-refractivity contribution in [2.45, 2.75) is 18.9 Å². The molecule has 1 saturated carbocycles. The molecule has 1 fully saturated rings. The maximum Gasteiger partial charge on any atom is 0.272 e. The average molecular weight is 249 g/mol. The van der Waals surface area contributed by atoms with E-state index in [1.807, 2.05) is 6.07 Å². The van der Waals surface area contributed by atoms with Gasteiger partial charge in [-0.2, -0.15) is 0 Å². The van der Waals surface area contributed by atoms with E-state index < -0.39 is 0 Å². The van der Waals surface area contributed by atoms with E-state index in [1.165, 1.54) is 4.90 Å². The van der Waals surface area contributed by atoms with E-state index in [1.54, 1.807) is 26.4 Å². The molecule has 0 aliphatic heterocycles. The predicted molar refractivity (Wildman–Crippen MR) is 69.5 cm³/mol. The Kier molecular flexibility index (Phi) is 3.81. The topological polar surface area (TPSA) is 65.5 Å². The van der Waals surface area contributed by atoms with Crippen LogP contribution in [0.3, 0.4) is 0 Å². The fraction of sp³-hybridized carbons (Fsp3) is 0.538. The number of pyridine rings is 1. The Labute approximate surface area is 107 Å². The molecule has 0 spiro atoms. The molecule has 0 aromatic carbocycles. The maximum absolute atomic E-state index is 11.7. The highest BCUT2D eigenvalue weighted by atomic mass is 16.3. The first-order chi connectivity index (χ1) is 8.56. The molecule has 0 unspecified atom stereocenters. The molecular weight excluding hydrogens is 230 g/mol. The molecule has 1 aromatic heterocycles. The van der Waals surface area contributed by atoms with Crippen LogP contribution in [0.2, 0.25) is 0 Å². The molecule has 1 aliphatic rings. The SMILES string of the molecule is CN(C)C(=O)c1cc(NCC2CC(O)C2)ccn1. The fourth-order valence-electron chi connectivity index (χ4n) is 2.02. The number of carbonyl (C=O) groups is 1. The van der Waals surface area contributed by atoms with E-state index in [9.17, 15) is 9.90 Å². The first-order valence-corrected chi connectivity index (χ1v) is 6.16. The van der Waals surface area contributed by atoms with Crippen molar-refractivity contribution < 1.29 is 9.90 Å². The third kappa shape index (κ3) is 2.98. The van der Waals surface area contributed by atoms with Gasteiger partial charge in [-0.3, -0.25) is 9.78 Å². The molecule has 0 atom stereocenters. The average Bonchev–Trinajstić information content (AvgIpc) is 2.32. The van der Waals surface area contributed by atoms with E-state index in [-0.39, 0.29) is 12.0 Å². The molecule has 18 heavy (non-hydrogen) atoms. The van der Waals surface area contributed by atoms with Crippen LogP contribution in [0.4, 0.5) is 5.69 Å². The van der Waals surface area contributed by atoms with Gasteiger partial charge in [-0.25, -0.2) is 0 Å². The number of amides is 1. The van der Waals surface area contributed by atoms with E-state index in [0.717, 1.165) is 25.1 Å². The van der Waals surface area contributed by atoms with Crippen molar-refractivity contribution in [3.63, 3.8) is 0 Å². The Hall–Kier alpha value is -1.62. The van der Waals surface area contributed by atoms with Crippen LogP contribution in [0.1, 0.15) is 23.3 Å². The number of aliphatic hydroxyl groups excluding tert-OH is 1. The molecular formula is C13H19N3O2. The summed E-state index contributed by atoms with van der Waals surface area (Å²) < 4.78 is 0. The number of hydrogen-bond acceptors (Lipinski definition) is 4. The predicted octanol–water partition coefficient (Wildman–Crippen LogP) is 0.966. The molecule has 0 radical (unpaired) electrons. The largest absolute Gasteiger partial charge is 0.393 e. The monoisotopic (exact) mass is 249 g/mol. The second-order valence-corrected chi connectivity index (χ2v) is 5.00. The van der Waals surface area contributed by atoms with Crippen LogP contribution in [-0.4, -0.2) is 47.6 Å². The zero-order chi connectivity index (χ0) is 13.1. The standard InChI is InChI=1S/C13H19N3O2/c1-16(2)13(18)12-7-10(3-4-14-12)15-8-9-5-11(17)6-9/h3-4,7,9,11,17H,5-6,8H2,1-2H3,(H,14,15). The van der Waals surface area contributed by atoms with Crippen LogP contribution in [-0.2, 0) is 0 Å². The fourth-order valence-corrected chi connectivity index (χ4v) is 2.02. The van der Waals surface area contributed by atoms with Crippen LogP contribution in [0.25, 0.3) is 0 Å². The quantitative estimate of drug-likeness (QED) is 0.834. The third-order valence-electron chi connectivity index (χ3n) is 3.19. The van der Waals surface area contributed by atoms with Crippen molar-refractivity contribution in [2.75, 3.05) is 26.0 Å². The molecule has 2 rings (SSSR count). The number of aromatic nitrogens is 1. The van der Waals surface area contributed by atoms with Crippen molar-refractivity contribution in [1.29, 1.82) is 0 Å². The van der Waals surface area contributed by atoms with Crippen LogP contribution in [0.15, 0.2) is 18.3 Å². The van der Waals surface area contributed by atoms with Gasteiger partial charge in [-0.05, 0) is 30.9 Å². The number of nitrogens with zero attached hydrogens (tertiary/aromatic N) is 2. The molecule has 5 nitrogen and oxygen atoms in total. The molecule has 0 saturated heterocycles. The molecule has 5 heteroatoms. The Morgan fingerprint density at radius 2 is 2.28 bits per heavy atom. The highest BCUT2D eigenvalue weighted by molar-refractivity contribution is 5.92. The summed E-state index contributed by atoms with van der Waals surface area (Å²) in [5.41, 5.74) is 1.34. The number of hydrogen-bond donors (Lipinski definition) is 2. The van der Waals surface area contributed by atoms with Gasteiger partial charge in [0.05, 0.1) is 6.10 Å². The highest BCUT2D eigenvalue weighted by Crippen LogP contribution is 2.27. The van der Waals surface area contributed by atoms with Gasteiger partial charge in [0, 0.05) is 32.5 Å². The lowest BCUT2D eigenvalue weighted by atomic mass is 9.82. The van der Waals surface area contributed by atoms with Crippen molar-refractivity contribution in [3.8, 4) is 0 Å². The Bertz CT molecular complexity index is 428. The zero-order valence-electron chi connectivity index (χ0n) is 10.8. The van der Waals surface area contributed by atoms with Gasteiger partial charge >= 0.3 is 0 Å². The Morgan fingerprint density at radius 1 is 1.56 bits per heavy atom. The van der Waals surface area contributed by atoms with Crippen LogP contribution in [0.5, 0.6) is 0 Å². The first-order valence-electron chi connectivity index (χ1n) is 6.16. The maximum atomic E-state index is 11.7. The second kappa shape index (κ2) is 5.35. The van der Waals surface area contributed by atoms with E-state index in [4.69, 9.17) is 0 Å². The van der Waals surface area contributed by atoms with Crippen molar-refractivity contribution >= 4 is 11.6 Å². The number of nitrogens with one attached hydrogen (secondary N) is 1. The molecule has 1 amide bonds. The van der Waals surface area contributed by atoms with Crippen molar-refractivity contribution in [2.24, 2.45) is 5.92 Å². The molecule has 0 bridgehead atoms. The molecule has 98 valence electrons. The summed E-state index contributed by atoms with van der Waals surface area (Å²) in [6, 6.07) is 3.61. The summed E-state index contributed by atoms with van der Waals surface area (Å²) in [5, 5.41) is 12.5. The minimum absolute atomic E-state index is 0.0993. The van der Waals surface area contributed by atoms with E-state index in [0.29, 0.717) is 11.6 Å². The lowest BCUT2D eigenvalue weighted by molar-refractivity contribution is 0.0487. The Morgan fingerprint density at radius 3 is 2.89 bits per heavy atom. The number of carbonyl (C=O) groups excluding carboxylic acids is 1. The van der Waals surface area contributed by atoms with Gasteiger partial charge in [0.1, 0.15) is 5.69 Å². The molecule has 1 heterocycles. The number of rotatable bonds is 4. The van der Waals surface area contributed by atoms with Crippen molar-refractivity contribution in [1.82, 2.24) is 9.88 Å². The van der Waals surface area contributed by atoms with E-state index >= 15 is 0 Å². The smallest absolute Gasteiger partial charge is 0.272 e. The molecule has 2 N–H and O–H groups in total. The van der Waals surface area contributed by atoms with Gasteiger partial charge in [-0.1, -0.05) is 0 Å². The summed E-state index contributed by atoms with van der Waals surface area (Å²) in [7, 11) is 3.42. The number of aliphatic hydroxyl groups is 1. The van der Waals surface area contributed by atoms with Crippen LogP contribution in [0, 0.1) is 5.92 Å². The minimum Gasteiger partial charge on any atom is -0.393 e. The van der Waals surface area contributed by atoms with E-state index in [2.05, 4.69) is 10.3 Å². The summed E-state index contributed by atoms with van der Waals surface area (Å²) in [6.45, 7) is 0.830. The summed E-state index contributed by atoms with van der Waals surface area (Å²) in [4.78, 5) is 17.3. The zero-order valence-corrected chi connectivity index (χ0v) is 10.8.